The molecule has 0 aromatic heterocycles. The van der Waals surface area contributed by atoms with Crippen LogP contribution in [0.5, 0.6) is 0 Å². The number of amides is 1. The van der Waals surface area contributed by atoms with Crippen LogP contribution in [-0.4, -0.2) is 19.1 Å². The molecule has 3 N–H and O–H groups in total. The molecular weight excluding hydrogens is 240 g/mol. The van der Waals surface area contributed by atoms with E-state index in [0.29, 0.717) is 18.7 Å². The van der Waals surface area contributed by atoms with Crippen LogP contribution in [0, 0.1) is 6.92 Å². The maximum atomic E-state index is 11.7. The summed E-state index contributed by atoms with van der Waals surface area (Å²) in [5, 5.41) is 2.85. The van der Waals surface area contributed by atoms with Crippen molar-refractivity contribution < 1.29 is 9.53 Å². The number of nitrogens with one attached hydrogen (secondary N) is 1. The Bertz CT molecular complexity index is 405. The van der Waals surface area contributed by atoms with Crippen molar-refractivity contribution in [2.24, 2.45) is 0 Å². The van der Waals surface area contributed by atoms with Gasteiger partial charge in [0.15, 0.2) is 0 Å². The fourth-order valence-corrected chi connectivity index (χ4v) is 1.72. The van der Waals surface area contributed by atoms with Gasteiger partial charge in [0.2, 0.25) is 5.91 Å². The summed E-state index contributed by atoms with van der Waals surface area (Å²) >= 11 is 0. The lowest BCUT2D eigenvalue weighted by atomic mass is 10.1. The molecule has 0 aliphatic heterocycles. The van der Waals surface area contributed by atoms with Crippen LogP contribution in [-0.2, 0) is 9.53 Å². The van der Waals surface area contributed by atoms with Gasteiger partial charge >= 0.3 is 0 Å². The number of unbranched alkanes of at least 4 members (excludes halogenated alkanes) is 2. The standard InChI is InChI=1S/C15H24N2O2/c1-3-4-5-10-19-11-9-15(18)17-14-8-6-7-13(16)12(14)2/h6-8H,3-5,9-11,16H2,1-2H3,(H,17,18). The minimum Gasteiger partial charge on any atom is -0.398 e. The summed E-state index contributed by atoms with van der Waals surface area (Å²) < 4.78 is 5.41. The second-order valence-corrected chi connectivity index (χ2v) is 4.64. The summed E-state index contributed by atoms with van der Waals surface area (Å²) in [6.45, 7) is 5.25. The van der Waals surface area contributed by atoms with E-state index in [0.717, 1.165) is 24.3 Å². The van der Waals surface area contributed by atoms with Crippen molar-refractivity contribution >= 4 is 17.3 Å². The number of hydrogen-bond donors (Lipinski definition) is 2. The molecule has 1 aromatic carbocycles. The number of benzene rings is 1. The highest BCUT2D eigenvalue weighted by atomic mass is 16.5. The third-order valence-corrected chi connectivity index (χ3v) is 3.02. The molecule has 4 nitrogen and oxygen atoms in total. The average molecular weight is 264 g/mol. The quantitative estimate of drug-likeness (QED) is 0.560. The fraction of sp³-hybridized carbons (Fsp3) is 0.533. The van der Waals surface area contributed by atoms with E-state index in [9.17, 15) is 4.79 Å². The van der Waals surface area contributed by atoms with E-state index < -0.39 is 0 Å². The van der Waals surface area contributed by atoms with Crippen molar-refractivity contribution in [1.82, 2.24) is 0 Å². The van der Waals surface area contributed by atoms with Gasteiger partial charge in [-0.25, -0.2) is 0 Å². The molecular formula is C15H24N2O2. The van der Waals surface area contributed by atoms with Crippen molar-refractivity contribution in [3.05, 3.63) is 23.8 Å². The molecule has 0 atom stereocenters. The number of carbonyl (C=O) groups excluding carboxylic acids is 1. The minimum atomic E-state index is -0.0378. The molecule has 0 heterocycles. The largest absolute Gasteiger partial charge is 0.398 e. The molecule has 0 aliphatic rings. The molecule has 1 aromatic rings. The van der Waals surface area contributed by atoms with Gasteiger partial charge in [-0.15, -0.1) is 0 Å². The molecule has 0 radical (unpaired) electrons. The van der Waals surface area contributed by atoms with E-state index >= 15 is 0 Å². The van der Waals surface area contributed by atoms with E-state index in [4.69, 9.17) is 10.5 Å². The Hall–Kier alpha value is -1.55. The lowest BCUT2D eigenvalue weighted by Gasteiger charge is -2.10. The molecule has 19 heavy (non-hydrogen) atoms. The normalized spacial score (nSPS) is 10.4. The SMILES string of the molecule is CCCCCOCCC(=O)Nc1cccc(N)c1C. The molecule has 0 aliphatic carbocycles. The van der Waals surface area contributed by atoms with E-state index in [2.05, 4.69) is 12.2 Å². The summed E-state index contributed by atoms with van der Waals surface area (Å²) in [6.07, 6.45) is 3.79. The van der Waals surface area contributed by atoms with Gasteiger partial charge in [-0.3, -0.25) is 4.79 Å². The first-order chi connectivity index (χ1) is 9.15. The number of carbonyl (C=O) groups is 1. The van der Waals surface area contributed by atoms with Crippen LogP contribution >= 0.6 is 0 Å². The molecule has 0 fully saturated rings. The van der Waals surface area contributed by atoms with Gasteiger partial charge in [0, 0.05) is 18.0 Å². The molecule has 0 saturated carbocycles. The summed E-state index contributed by atoms with van der Waals surface area (Å²) in [7, 11) is 0. The van der Waals surface area contributed by atoms with Gasteiger partial charge in [-0.1, -0.05) is 25.8 Å². The minimum absolute atomic E-state index is 0.0378. The van der Waals surface area contributed by atoms with Gasteiger partial charge in [-0.2, -0.15) is 0 Å². The van der Waals surface area contributed by atoms with E-state index in [-0.39, 0.29) is 5.91 Å². The molecule has 0 unspecified atom stereocenters. The van der Waals surface area contributed by atoms with Crippen LogP contribution < -0.4 is 11.1 Å². The number of rotatable bonds is 8. The number of nitrogen functional groups attached to an aromatic ring is 1. The first-order valence-electron chi connectivity index (χ1n) is 6.87. The Morgan fingerprint density at radius 1 is 1.32 bits per heavy atom. The van der Waals surface area contributed by atoms with Gasteiger partial charge in [-0.05, 0) is 31.0 Å². The van der Waals surface area contributed by atoms with Gasteiger partial charge in [0.25, 0.3) is 0 Å². The van der Waals surface area contributed by atoms with Crippen molar-refractivity contribution in [2.45, 2.75) is 39.5 Å². The molecule has 1 amide bonds. The number of anilines is 2. The van der Waals surface area contributed by atoms with Crippen molar-refractivity contribution in [1.29, 1.82) is 0 Å². The zero-order chi connectivity index (χ0) is 14.1. The predicted octanol–water partition coefficient (Wildman–Crippen LogP) is 3.11. The van der Waals surface area contributed by atoms with Crippen molar-refractivity contribution in [3.8, 4) is 0 Å². The first-order valence-corrected chi connectivity index (χ1v) is 6.87. The molecule has 0 saturated heterocycles. The van der Waals surface area contributed by atoms with Gasteiger partial charge < -0.3 is 15.8 Å². The smallest absolute Gasteiger partial charge is 0.226 e. The summed E-state index contributed by atoms with van der Waals surface area (Å²) in [4.78, 5) is 11.7. The van der Waals surface area contributed by atoms with Crippen LogP contribution in [0.3, 0.4) is 0 Å². The second kappa shape index (κ2) is 8.53. The maximum absolute atomic E-state index is 11.7. The highest BCUT2D eigenvalue weighted by Crippen LogP contribution is 2.20. The highest BCUT2D eigenvalue weighted by molar-refractivity contribution is 5.92. The molecule has 4 heteroatoms. The zero-order valence-corrected chi connectivity index (χ0v) is 11.9. The van der Waals surface area contributed by atoms with E-state index in [1.807, 2.05) is 25.1 Å². The van der Waals surface area contributed by atoms with Crippen LogP contribution in [0.4, 0.5) is 11.4 Å². The number of ether oxygens (including phenoxy) is 1. The Labute approximate surface area is 115 Å². The Kier molecular flexibility index (Phi) is 6.97. The number of nitrogens with two attached hydrogens (primary N) is 1. The molecule has 1 rings (SSSR count). The third-order valence-electron chi connectivity index (χ3n) is 3.02. The Morgan fingerprint density at radius 3 is 2.84 bits per heavy atom. The van der Waals surface area contributed by atoms with E-state index in [1.165, 1.54) is 12.8 Å². The third kappa shape index (κ3) is 5.75. The maximum Gasteiger partial charge on any atom is 0.226 e. The van der Waals surface area contributed by atoms with Crippen molar-refractivity contribution in [3.63, 3.8) is 0 Å². The summed E-state index contributed by atoms with van der Waals surface area (Å²) in [6, 6.07) is 5.51. The average Bonchev–Trinajstić information content (AvgIpc) is 2.39. The monoisotopic (exact) mass is 264 g/mol. The molecule has 0 bridgehead atoms. The molecule has 0 spiro atoms. The predicted molar refractivity (Wildman–Crippen MR) is 79.2 cm³/mol. The van der Waals surface area contributed by atoms with Crippen molar-refractivity contribution in [2.75, 3.05) is 24.3 Å². The van der Waals surface area contributed by atoms with Crippen LogP contribution in [0.1, 0.15) is 38.2 Å². The second-order valence-electron chi connectivity index (χ2n) is 4.64. The Balaban J connectivity index is 2.26. The highest BCUT2D eigenvalue weighted by Gasteiger charge is 2.06. The summed E-state index contributed by atoms with van der Waals surface area (Å²) in [5.41, 5.74) is 8.15. The van der Waals surface area contributed by atoms with Crippen LogP contribution in [0.25, 0.3) is 0 Å². The molecule has 106 valence electrons. The summed E-state index contributed by atoms with van der Waals surface area (Å²) in [5.74, 6) is -0.0378. The lowest BCUT2D eigenvalue weighted by Crippen LogP contribution is -2.15. The zero-order valence-electron chi connectivity index (χ0n) is 11.9. The lowest BCUT2D eigenvalue weighted by molar-refractivity contribution is -0.117. The number of hydrogen-bond acceptors (Lipinski definition) is 3. The van der Waals surface area contributed by atoms with Crippen LogP contribution in [0.2, 0.25) is 0 Å². The van der Waals surface area contributed by atoms with Gasteiger partial charge in [0.1, 0.15) is 0 Å². The van der Waals surface area contributed by atoms with Crippen LogP contribution in [0.15, 0.2) is 18.2 Å². The Morgan fingerprint density at radius 2 is 2.11 bits per heavy atom. The van der Waals surface area contributed by atoms with E-state index in [1.54, 1.807) is 0 Å². The first kappa shape index (κ1) is 15.5. The fourth-order valence-electron chi connectivity index (χ4n) is 1.72. The van der Waals surface area contributed by atoms with Gasteiger partial charge in [0.05, 0.1) is 13.0 Å². The topological polar surface area (TPSA) is 64.3 Å².